The van der Waals surface area contributed by atoms with Crippen molar-refractivity contribution in [2.75, 3.05) is 19.8 Å². The van der Waals surface area contributed by atoms with Crippen molar-refractivity contribution in [1.82, 2.24) is 16.0 Å². The van der Waals surface area contributed by atoms with Crippen LogP contribution in [0.1, 0.15) is 83.1 Å². The van der Waals surface area contributed by atoms with E-state index in [0.29, 0.717) is 24.7 Å². The number of rotatable bonds is 17. The van der Waals surface area contributed by atoms with Crippen LogP contribution in [0.15, 0.2) is 24.3 Å². The average Bonchev–Trinajstić information content (AvgIpc) is 2.76. The van der Waals surface area contributed by atoms with Gasteiger partial charge in [0.25, 0.3) is 0 Å². The van der Waals surface area contributed by atoms with Gasteiger partial charge in [0.05, 0.1) is 0 Å². The predicted molar refractivity (Wildman–Crippen MR) is 132 cm³/mol. The van der Waals surface area contributed by atoms with Crippen LogP contribution >= 0.6 is 11.6 Å². The first-order valence-electron chi connectivity index (χ1n) is 11.9. The molecule has 0 atom stereocenters. The highest BCUT2D eigenvalue weighted by Crippen LogP contribution is 2.10. The van der Waals surface area contributed by atoms with E-state index in [4.69, 9.17) is 27.2 Å². The van der Waals surface area contributed by atoms with Gasteiger partial charge in [-0.1, -0.05) is 88.4 Å². The van der Waals surface area contributed by atoms with Gasteiger partial charge in [0.15, 0.2) is 11.9 Å². The van der Waals surface area contributed by atoms with Crippen molar-refractivity contribution in [1.29, 1.82) is 10.8 Å². The van der Waals surface area contributed by atoms with Crippen molar-refractivity contribution in [2.24, 2.45) is 0 Å². The van der Waals surface area contributed by atoms with Crippen LogP contribution in [0.3, 0.4) is 0 Å². The van der Waals surface area contributed by atoms with Gasteiger partial charge in [-0.15, -0.1) is 0 Å². The van der Waals surface area contributed by atoms with E-state index in [2.05, 4.69) is 22.9 Å². The molecule has 0 aliphatic heterocycles. The third-order valence-electron chi connectivity index (χ3n) is 5.04. The van der Waals surface area contributed by atoms with Gasteiger partial charge in [-0.05, 0) is 30.5 Å². The maximum absolute atomic E-state index is 7.85. The van der Waals surface area contributed by atoms with Crippen molar-refractivity contribution < 1.29 is 4.74 Å². The molecule has 1 aromatic rings. The molecule has 176 valence electrons. The summed E-state index contributed by atoms with van der Waals surface area (Å²) < 4.78 is 5.67. The quantitative estimate of drug-likeness (QED) is 0.117. The monoisotopic (exact) mass is 451 g/mol. The summed E-state index contributed by atoms with van der Waals surface area (Å²) in [5.74, 6) is 0.202. The van der Waals surface area contributed by atoms with Crippen molar-refractivity contribution in [3.8, 4) is 0 Å². The molecule has 0 heterocycles. The number of ether oxygens (including phenoxy) is 1. The number of nitrogens with one attached hydrogen (secondary N) is 5. The smallest absolute Gasteiger partial charge is 0.195 e. The molecule has 0 aliphatic carbocycles. The van der Waals surface area contributed by atoms with Crippen molar-refractivity contribution >= 4 is 23.5 Å². The summed E-state index contributed by atoms with van der Waals surface area (Å²) in [6.45, 7) is 4.94. The summed E-state index contributed by atoms with van der Waals surface area (Å²) in [5, 5.41) is 25.0. The molecule has 7 heteroatoms. The second-order valence-electron chi connectivity index (χ2n) is 7.93. The zero-order valence-electron chi connectivity index (χ0n) is 19.2. The van der Waals surface area contributed by atoms with E-state index in [1.54, 1.807) is 0 Å². The summed E-state index contributed by atoms with van der Waals surface area (Å²) in [6, 6.07) is 7.44. The molecular formula is C24H42ClN5O. The number of guanidine groups is 2. The van der Waals surface area contributed by atoms with Gasteiger partial charge in [0.1, 0.15) is 0 Å². The van der Waals surface area contributed by atoms with Gasteiger partial charge in [-0.25, -0.2) is 0 Å². The standard InChI is InChI=1S/C24H42ClN5O/c1-2-3-4-5-6-7-8-9-10-11-18-31-19-12-17-28-23(26)30-24(27)29-20-21-13-15-22(25)16-14-21/h13-16H,2-12,17-20H2,1H3,(H5,26,27,28,29,30). The molecule has 0 saturated carbocycles. The van der Waals surface area contributed by atoms with Gasteiger partial charge >= 0.3 is 0 Å². The lowest BCUT2D eigenvalue weighted by Crippen LogP contribution is -2.45. The fourth-order valence-corrected chi connectivity index (χ4v) is 3.31. The van der Waals surface area contributed by atoms with E-state index in [9.17, 15) is 0 Å². The molecule has 1 aromatic carbocycles. The molecule has 0 spiro atoms. The Morgan fingerprint density at radius 3 is 1.97 bits per heavy atom. The summed E-state index contributed by atoms with van der Waals surface area (Å²) in [5.41, 5.74) is 1.02. The number of hydrogen-bond donors (Lipinski definition) is 5. The van der Waals surface area contributed by atoms with Gasteiger partial charge in [0.2, 0.25) is 0 Å². The van der Waals surface area contributed by atoms with Crippen LogP contribution in [0, 0.1) is 10.8 Å². The van der Waals surface area contributed by atoms with E-state index in [0.717, 1.165) is 25.0 Å². The van der Waals surface area contributed by atoms with Gasteiger partial charge in [0, 0.05) is 31.3 Å². The first-order chi connectivity index (χ1) is 15.1. The normalized spacial score (nSPS) is 10.6. The summed E-state index contributed by atoms with van der Waals surface area (Å²) >= 11 is 5.86. The van der Waals surface area contributed by atoms with Crippen LogP contribution in [0.25, 0.3) is 0 Å². The van der Waals surface area contributed by atoms with E-state index in [-0.39, 0.29) is 11.9 Å². The first-order valence-corrected chi connectivity index (χ1v) is 12.2. The SMILES string of the molecule is CCCCCCCCCCCCOCCCNC(=N)NC(=N)NCc1ccc(Cl)cc1. The van der Waals surface area contributed by atoms with Crippen LogP contribution in [0.4, 0.5) is 0 Å². The Bertz CT molecular complexity index is 594. The zero-order chi connectivity index (χ0) is 22.6. The largest absolute Gasteiger partial charge is 0.381 e. The van der Waals surface area contributed by atoms with Gasteiger partial charge in [-0.3, -0.25) is 16.1 Å². The second kappa shape index (κ2) is 18.9. The summed E-state index contributed by atoms with van der Waals surface area (Å²) in [7, 11) is 0. The fraction of sp³-hybridized carbons (Fsp3) is 0.667. The second-order valence-corrected chi connectivity index (χ2v) is 8.37. The molecule has 0 saturated heterocycles. The highest BCUT2D eigenvalue weighted by atomic mass is 35.5. The minimum absolute atomic E-state index is 0.0876. The lowest BCUT2D eigenvalue weighted by Gasteiger charge is -2.13. The molecule has 0 fully saturated rings. The van der Waals surface area contributed by atoms with E-state index < -0.39 is 0 Å². The van der Waals surface area contributed by atoms with Crippen LogP contribution in [-0.2, 0) is 11.3 Å². The fourth-order valence-electron chi connectivity index (χ4n) is 3.19. The molecule has 0 radical (unpaired) electrons. The van der Waals surface area contributed by atoms with Crippen LogP contribution in [0.2, 0.25) is 5.02 Å². The van der Waals surface area contributed by atoms with Crippen LogP contribution in [-0.4, -0.2) is 31.7 Å². The number of halogens is 1. The van der Waals surface area contributed by atoms with Crippen LogP contribution in [0.5, 0.6) is 0 Å². The zero-order valence-corrected chi connectivity index (χ0v) is 20.0. The van der Waals surface area contributed by atoms with Crippen molar-refractivity contribution in [3.63, 3.8) is 0 Å². The topological polar surface area (TPSA) is 93.0 Å². The molecule has 0 bridgehead atoms. The van der Waals surface area contributed by atoms with E-state index in [1.165, 1.54) is 57.8 Å². The molecule has 5 N–H and O–H groups in total. The molecule has 31 heavy (non-hydrogen) atoms. The Morgan fingerprint density at radius 2 is 1.32 bits per heavy atom. The molecule has 0 aromatic heterocycles. The lowest BCUT2D eigenvalue weighted by molar-refractivity contribution is 0.128. The van der Waals surface area contributed by atoms with Crippen LogP contribution < -0.4 is 16.0 Å². The molecule has 6 nitrogen and oxygen atoms in total. The molecule has 0 amide bonds. The van der Waals surface area contributed by atoms with Crippen molar-refractivity contribution in [2.45, 2.75) is 84.1 Å². The molecule has 0 aliphatic rings. The molecule has 1 rings (SSSR count). The highest BCUT2D eigenvalue weighted by Gasteiger charge is 2.01. The van der Waals surface area contributed by atoms with E-state index >= 15 is 0 Å². The van der Waals surface area contributed by atoms with Gasteiger partial charge < -0.3 is 15.4 Å². The predicted octanol–water partition coefficient (Wildman–Crippen LogP) is 5.81. The number of hydrogen-bond acceptors (Lipinski definition) is 3. The Morgan fingerprint density at radius 1 is 0.774 bits per heavy atom. The Hall–Kier alpha value is -1.79. The minimum Gasteiger partial charge on any atom is -0.381 e. The Kier molecular flexibility index (Phi) is 16.6. The average molecular weight is 452 g/mol. The summed E-state index contributed by atoms with van der Waals surface area (Å²) in [4.78, 5) is 0. The first kappa shape index (κ1) is 27.2. The highest BCUT2D eigenvalue weighted by molar-refractivity contribution is 6.30. The minimum atomic E-state index is 0.0876. The van der Waals surface area contributed by atoms with Gasteiger partial charge in [-0.2, -0.15) is 0 Å². The van der Waals surface area contributed by atoms with Crippen molar-refractivity contribution in [3.05, 3.63) is 34.9 Å². The molecular weight excluding hydrogens is 410 g/mol. The third-order valence-corrected chi connectivity index (χ3v) is 5.29. The Labute approximate surface area is 193 Å². The molecule has 0 unspecified atom stereocenters. The Balaban J connectivity index is 1.85. The number of unbranched alkanes of at least 4 members (excludes halogenated alkanes) is 9. The maximum atomic E-state index is 7.85. The maximum Gasteiger partial charge on any atom is 0.195 e. The number of benzene rings is 1. The third kappa shape index (κ3) is 16.6. The van der Waals surface area contributed by atoms with E-state index in [1.807, 2.05) is 24.3 Å². The lowest BCUT2D eigenvalue weighted by atomic mass is 10.1. The summed E-state index contributed by atoms with van der Waals surface area (Å²) in [6.07, 6.45) is 14.2.